The average Bonchev–Trinajstić information content (AvgIpc) is 2.74. The van der Waals surface area contributed by atoms with Crippen LogP contribution >= 0.6 is 11.6 Å². The van der Waals surface area contributed by atoms with Crippen molar-refractivity contribution >= 4 is 35.0 Å². The van der Waals surface area contributed by atoms with Gasteiger partial charge < -0.3 is 15.5 Å². The highest BCUT2D eigenvalue weighted by Gasteiger charge is 2.29. The maximum absolute atomic E-state index is 13.1. The van der Waals surface area contributed by atoms with Gasteiger partial charge in [0.15, 0.2) is 0 Å². The van der Waals surface area contributed by atoms with Crippen LogP contribution in [0, 0.1) is 19.8 Å². The number of aryl methyl sites for hydroxylation is 2. The molecule has 2 rings (SSSR count). The molecule has 0 saturated heterocycles. The molecule has 0 aliphatic heterocycles. The molecule has 0 heterocycles. The number of halogens is 1. The van der Waals surface area contributed by atoms with Crippen LogP contribution in [0.4, 0.5) is 5.69 Å². The third kappa shape index (κ3) is 6.56. The first-order valence-electron chi connectivity index (χ1n) is 10.3. The van der Waals surface area contributed by atoms with Crippen LogP contribution in [0.3, 0.4) is 0 Å². The number of likely N-dealkylation sites (N-methyl/N-ethyl adjacent to an activating group) is 1. The lowest BCUT2D eigenvalue weighted by molar-refractivity contribution is -0.136. The Kier molecular flexibility index (Phi) is 8.63. The molecule has 7 heteroatoms. The molecule has 2 aromatic rings. The second kappa shape index (κ2) is 11.0. The van der Waals surface area contributed by atoms with Gasteiger partial charge in [-0.3, -0.25) is 14.4 Å². The first kappa shape index (κ1) is 24.4. The van der Waals surface area contributed by atoms with Crippen LogP contribution < -0.4 is 10.6 Å². The maximum atomic E-state index is 13.1. The second-order valence-electron chi connectivity index (χ2n) is 7.85. The van der Waals surface area contributed by atoms with Crippen LogP contribution in [0.25, 0.3) is 0 Å². The van der Waals surface area contributed by atoms with E-state index in [2.05, 4.69) is 10.6 Å². The fraction of sp³-hybridized carbons (Fsp3) is 0.375. The molecule has 31 heavy (non-hydrogen) atoms. The van der Waals surface area contributed by atoms with Crippen LogP contribution in [0.2, 0.25) is 5.02 Å². The van der Waals surface area contributed by atoms with Crippen molar-refractivity contribution in [2.24, 2.45) is 5.92 Å². The second-order valence-corrected chi connectivity index (χ2v) is 8.29. The van der Waals surface area contributed by atoms with E-state index in [1.54, 1.807) is 31.3 Å². The van der Waals surface area contributed by atoms with E-state index in [-0.39, 0.29) is 30.2 Å². The summed E-state index contributed by atoms with van der Waals surface area (Å²) in [5.74, 6) is -1.06. The standard InChI is InChI=1S/C24H30ClN3O3/c1-6-15(2)22(27-23(30)18-10-12-19(25)13-11-18)24(31)28(5)14-20(29)26-21-16(3)8-7-9-17(21)4/h7-13,15,22H,6,14H2,1-5H3,(H,26,29)(H,27,30)/t15-,22-/m0/s1. The normalized spacial score (nSPS) is 12.6. The molecule has 0 aromatic heterocycles. The monoisotopic (exact) mass is 443 g/mol. The lowest BCUT2D eigenvalue weighted by Crippen LogP contribution is -2.52. The van der Waals surface area contributed by atoms with Gasteiger partial charge in [0.25, 0.3) is 5.91 Å². The van der Waals surface area contributed by atoms with E-state index in [1.807, 2.05) is 45.9 Å². The Balaban J connectivity index is 2.08. The number of nitrogens with one attached hydrogen (secondary N) is 2. The fourth-order valence-corrected chi connectivity index (χ4v) is 3.36. The molecule has 0 spiro atoms. The number of carbonyl (C=O) groups excluding carboxylic acids is 3. The van der Waals surface area contributed by atoms with Crippen LogP contribution in [-0.4, -0.2) is 42.3 Å². The molecule has 0 bridgehead atoms. The van der Waals surface area contributed by atoms with Gasteiger partial charge in [-0.05, 0) is 55.2 Å². The lowest BCUT2D eigenvalue weighted by Gasteiger charge is -2.28. The van der Waals surface area contributed by atoms with E-state index in [1.165, 1.54) is 4.90 Å². The van der Waals surface area contributed by atoms with E-state index < -0.39 is 6.04 Å². The zero-order chi connectivity index (χ0) is 23.1. The number of rotatable bonds is 8. The predicted molar refractivity (Wildman–Crippen MR) is 124 cm³/mol. The molecule has 6 nitrogen and oxygen atoms in total. The average molecular weight is 444 g/mol. The number of nitrogens with zero attached hydrogens (tertiary/aromatic N) is 1. The molecule has 0 aliphatic rings. The Labute approximate surface area is 189 Å². The zero-order valence-corrected chi connectivity index (χ0v) is 19.4. The Morgan fingerprint density at radius 1 is 1.03 bits per heavy atom. The Bertz CT molecular complexity index is 923. The van der Waals surface area contributed by atoms with Gasteiger partial charge in [0.2, 0.25) is 11.8 Å². The van der Waals surface area contributed by atoms with Crippen molar-refractivity contribution in [3.05, 3.63) is 64.2 Å². The smallest absolute Gasteiger partial charge is 0.251 e. The van der Waals surface area contributed by atoms with E-state index in [9.17, 15) is 14.4 Å². The minimum Gasteiger partial charge on any atom is -0.340 e. The molecule has 2 N–H and O–H groups in total. The SMILES string of the molecule is CC[C@H](C)[C@H](NC(=O)c1ccc(Cl)cc1)C(=O)N(C)CC(=O)Nc1c(C)cccc1C. The zero-order valence-electron chi connectivity index (χ0n) is 18.7. The number of hydrogen-bond donors (Lipinski definition) is 2. The first-order valence-corrected chi connectivity index (χ1v) is 10.7. The van der Waals surface area contributed by atoms with Gasteiger partial charge in [-0.15, -0.1) is 0 Å². The highest BCUT2D eigenvalue weighted by molar-refractivity contribution is 6.30. The van der Waals surface area contributed by atoms with Crippen molar-refractivity contribution < 1.29 is 14.4 Å². The number of anilines is 1. The van der Waals surface area contributed by atoms with Crippen LogP contribution in [0.1, 0.15) is 41.8 Å². The largest absolute Gasteiger partial charge is 0.340 e. The van der Waals surface area contributed by atoms with Gasteiger partial charge in [0.1, 0.15) is 6.04 Å². The molecule has 3 amide bonds. The summed E-state index contributed by atoms with van der Waals surface area (Å²) < 4.78 is 0. The van der Waals surface area contributed by atoms with Gasteiger partial charge in [0, 0.05) is 23.3 Å². The summed E-state index contributed by atoms with van der Waals surface area (Å²) in [6.07, 6.45) is 0.694. The molecule has 0 aliphatic carbocycles. The molecule has 0 radical (unpaired) electrons. The number of carbonyl (C=O) groups is 3. The quantitative estimate of drug-likeness (QED) is 0.641. The van der Waals surface area contributed by atoms with Gasteiger partial charge in [0.05, 0.1) is 6.54 Å². The van der Waals surface area contributed by atoms with Gasteiger partial charge >= 0.3 is 0 Å². The summed E-state index contributed by atoms with van der Waals surface area (Å²) in [5, 5.41) is 6.23. The Hall–Kier alpha value is -2.86. The molecule has 2 aromatic carbocycles. The summed E-state index contributed by atoms with van der Waals surface area (Å²) in [6, 6.07) is 11.5. The van der Waals surface area contributed by atoms with Crippen molar-refractivity contribution in [1.82, 2.24) is 10.2 Å². The van der Waals surface area contributed by atoms with E-state index in [0.717, 1.165) is 16.8 Å². The van der Waals surface area contributed by atoms with Crippen LogP contribution in [-0.2, 0) is 9.59 Å². The highest BCUT2D eigenvalue weighted by atomic mass is 35.5. The van der Waals surface area contributed by atoms with E-state index >= 15 is 0 Å². The molecule has 0 saturated carbocycles. The molecule has 0 fully saturated rings. The number of para-hydroxylation sites is 1. The van der Waals surface area contributed by atoms with Crippen molar-refractivity contribution in [1.29, 1.82) is 0 Å². The predicted octanol–water partition coefficient (Wildman–Crippen LogP) is 4.20. The summed E-state index contributed by atoms with van der Waals surface area (Å²) in [4.78, 5) is 39.7. The Morgan fingerprint density at radius 3 is 2.16 bits per heavy atom. The lowest BCUT2D eigenvalue weighted by atomic mass is 9.97. The molecule has 166 valence electrons. The minimum atomic E-state index is -0.744. The maximum Gasteiger partial charge on any atom is 0.251 e. The van der Waals surface area contributed by atoms with Crippen LogP contribution in [0.5, 0.6) is 0 Å². The number of hydrogen-bond acceptors (Lipinski definition) is 3. The summed E-state index contributed by atoms with van der Waals surface area (Å²) in [7, 11) is 1.57. The third-order valence-electron chi connectivity index (χ3n) is 5.37. The van der Waals surface area contributed by atoms with Gasteiger partial charge in [-0.2, -0.15) is 0 Å². The minimum absolute atomic E-state index is 0.104. The van der Waals surface area contributed by atoms with Crippen molar-refractivity contribution in [3.63, 3.8) is 0 Å². The molecular formula is C24H30ClN3O3. The topological polar surface area (TPSA) is 78.5 Å². The Morgan fingerprint density at radius 2 is 1.61 bits per heavy atom. The third-order valence-corrected chi connectivity index (χ3v) is 5.63. The fourth-order valence-electron chi connectivity index (χ4n) is 3.23. The highest BCUT2D eigenvalue weighted by Crippen LogP contribution is 2.19. The van der Waals surface area contributed by atoms with Crippen molar-refractivity contribution in [2.45, 2.75) is 40.2 Å². The number of amides is 3. The van der Waals surface area contributed by atoms with Crippen molar-refractivity contribution in [3.8, 4) is 0 Å². The van der Waals surface area contributed by atoms with Gasteiger partial charge in [-0.25, -0.2) is 0 Å². The molecular weight excluding hydrogens is 414 g/mol. The van der Waals surface area contributed by atoms with Crippen molar-refractivity contribution in [2.75, 3.05) is 18.9 Å². The molecule has 0 unspecified atom stereocenters. The summed E-state index contributed by atoms with van der Waals surface area (Å²) >= 11 is 5.88. The number of benzene rings is 2. The first-order chi connectivity index (χ1) is 14.6. The molecule has 2 atom stereocenters. The van der Waals surface area contributed by atoms with E-state index in [0.29, 0.717) is 17.0 Å². The summed E-state index contributed by atoms with van der Waals surface area (Å²) in [6.45, 7) is 7.57. The summed E-state index contributed by atoms with van der Waals surface area (Å²) in [5.41, 5.74) is 3.08. The van der Waals surface area contributed by atoms with E-state index in [4.69, 9.17) is 11.6 Å². The van der Waals surface area contributed by atoms with Crippen LogP contribution in [0.15, 0.2) is 42.5 Å². The van der Waals surface area contributed by atoms with Gasteiger partial charge in [-0.1, -0.05) is 50.1 Å².